The summed E-state index contributed by atoms with van der Waals surface area (Å²) in [6, 6.07) is 13.1. The summed E-state index contributed by atoms with van der Waals surface area (Å²) in [6.07, 6.45) is -3.15. The van der Waals surface area contributed by atoms with E-state index in [-0.39, 0.29) is 36.3 Å². The summed E-state index contributed by atoms with van der Waals surface area (Å²) in [4.78, 5) is 16.5. The molecule has 0 spiro atoms. The molecule has 1 amide bonds. The molecule has 0 radical (unpaired) electrons. The molecular weight excluding hydrogens is 381 g/mol. The molecule has 1 aromatic heterocycles. The summed E-state index contributed by atoms with van der Waals surface area (Å²) in [6.45, 7) is 3.25. The minimum absolute atomic E-state index is 0.0152. The van der Waals surface area contributed by atoms with Gasteiger partial charge in [-0.1, -0.05) is 24.3 Å². The van der Waals surface area contributed by atoms with Crippen molar-refractivity contribution in [3.05, 3.63) is 71.4 Å². The summed E-state index contributed by atoms with van der Waals surface area (Å²) in [5, 5.41) is 3.46. The lowest BCUT2D eigenvalue weighted by molar-refractivity contribution is -0.138. The second-order valence-electron chi connectivity index (χ2n) is 6.97. The Bertz CT molecular complexity index is 1020. The van der Waals surface area contributed by atoms with Gasteiger partial charge in [-0.15, -0.1) is 0 Å². The molecule has 0 saturated carbocycles. The van der Waals surface area contributed by atoms with Gasteiger partial charge in [-0.3, -0.25) is 9.78 Å². The van der Waals surface area contributed by atoms with Crippen LogP contribution in [-0.4, -0.2) is 17.0 Å². The predicted octanol–water partition coefficient (Wildman–Crippen LogP) is 4.90. The van der Waals surface area contributed by atoms with Crippen LogP contribution in [0, 0.1) is 0 Å². The molecule has 0 fully saturated rings. The van der Waals surface area contributed by atoms with Crippen molar-refractivity contribution in [2.45, 2.75) is 39.1 Å². The number of fused-ring (bicyclic) bond motifs is 1. The number of rotatable bonds is 6. The average Bonchev–Trinajstić information content (AvgIpc) is 2.65. The van der Waals surface area contributed by atoms with Crippen LogP contribution in [0.5, 0.6) is 5.75 Å². The van der Waals surface area contributed by atoms with Crippen molar-refractivity contribution in [3.63, 3.8) is 0 Å². The Hall–Kier alpha value is -3.09. The maximum absolute atomic E-state index is 13.4. The molecule has 0 aliphatic heterocycles. The van der Waals surface area contributed by atoms with Gasteiger partial charge in [0.2, 0.25) is 5.91 Å². The van der Waals surface area contributed by atoms with E-state index in [2.05, 4.69) is 10.3 Å². The first-order chi connectivity index (χ1) is 13.7. The number of hydrogen-bond donors (Lipinski definition) is 1. The number of nitrogens with one attached hydrogen (secondary N) is 1. The first kappa shape index (κ1) is 20.6. The molecule has 0 atom stereocenters. The molecule has 3 rings (SSSR count). The molecule has 4 nitrogen and oxygen atoms in total. The normalized spacial score (nSPS) is 11.7. The molecule has 0 saturated heterocycles. The summed E-state index contributed by atoms with van der Waals surface area (Å²) in [5.41, 5.74) is 0.676. The standard InChI is InChI=1S/C22H21F3N2O2/c1-14(2)29-18-8-7-17(19(11-18)22(23,24)25)13-27-21(28)10-15-9-16-5-3-4-6-20(16)26-12-15/h3-9,11-12,14H,10,13H2,1-2H3,(H,27,28). The number of halogens is 3. The highest BCUT2D eigenvalue weighted by Crippen LogP contribution is 2.34. The van der Waals surface area contributed by atoms with E-state index in [4.69, 9.17) is 4.74 Å². The maximum Gasteiger partial charge on any atom is 0.416 e. The summed E-state index contributed by atoms with van der Waals surface area (Å²) < 4.78 is 45.6. The second-order valence-corrected chi connectivity index (χ2v) is 6.97. The second kappa shape index (κ2) is 8.51. The fourth-order valence-electron chi connectivity index (χ4n) is 2.97. The van der Waals surface area contributed by atoms with Gasteiger partial charge in [0.25, 0.3) is 0 Å². The van der Waals surface area contributed by atoms with Crippen molar-refractivity contribution in [1.29, 1.82) is 0 Å². The number of carbonyl (C=O) groups excluding carboxylic acids is 1. The first-order valence-electron chi connectivity index (χ1n) is 9.19. The largest absolute Gasteiger partial charge is 0.491 e. The molecule has 7 heteroatoms. The van der Waals surface area contributed by atoms with Crippen LogP contribution >= 0.6 is 0 Å². The Balaban J connectivity index is 1.70. The fraction of sp³-hybridized carbons (Fsp3) is 0.273. The molecule has 2 aromatic carbocycles. The van der Waals surface area contributed by atoms with Crippen molar-refractivity contribution in [1.82, 2.24) is 10.3 Å². The van der Waals surface area contributed by atoms with Crippen LogP contribution in [0.15, 0.2) is 54.7 Å². The van der Waals surface area contributed by atoms with Gasteiger partial charge in [-0.25, -0.2) is 0 Å². The number of ether oxygens (including phenoxy) is 1. The van der Waals surface area contributed by atoms with E-state index < -0.39 is 11.7 Å². The SMILES string of the molecule is CC(C)Oc1ccc(CNC(=O)Cc2cnc3ccccc3c2)c(C(F)(F)F)c1. The fourth-order valence-corrected chi connectivity index (χ4v) is 2.97. The van der Waals surface area contributed by atoms with Crippen molar-refractivity contribution < 1.29 is 22.7 Å². The van der Waals surface area contributed by atoms with Gasteiger partial charge < -0.3 is 10.1 Å². The molecule has 1 N–H and O–H groups in total. The summed E-state index contributed by atoms with van der Waals surface area (Å²) in [5.74, 6) is -0.234. The van der Waals surface area contributed by atoms with Crippen molar-refractivity contribution in [3.8, 4) is 5.75 Å². The minimum Gasteiger partial charge on any atom is -0.491 e. The Morgan fingerprint density at radius 1 is 1.14 bits per heavy atom. The van der Waals surface area contributed by atoms with Crippen LogP contribution in [0.1, 0.15) is 30.5 Å². The third-order valence-electron chi connectivity index (χ3n) is 4.25. The number of aromatic nitrogens is 1. The van der Waals surface area contributed by atoms with Crippen molar-refractivity contribution in [2.24, 2.45) is 0 Å². The summed E-state index contributed by atoms with van der Waals surface area (Å²) in [7, 11) is 0. The van der Waals surface area contributed by atoms with Gasteiger partial charge in [-0.05, 0) is 49.2 Å². The molecule has 0 bridgehead atoms. The van der Waals surface area contributed by atoms with E-state index in [1.807, 2.05) is 30.3 Å². The number of alkyl halides is 3. The van der Waals surface area contributed by atoms with Gasteiger partial charge in [0.1, 0.15) is 5.75 Å². The highest BCUT2D eigenvalue weighted by atomic mass is 19.4. The average molecular weight is 402 g/mol. The van der Waals surface area contributed by atoms with E-state index in [0.29, 0.717) is 5.56 Å². The zero-order valence-electron chi connectivity index (χ0n) is 16.1. The minimum atomic E-state index is -4.54. The molecule has 3 aromatic rings. The van der Waals surface area contributed by atoms with Crippen LogP contribution < -0.4 is 10.1 Å². The lowest BCUT2D eigenvalue weighted by Crippen LogP contribution is -2.26. The van der Waals surface area contributed by atoms with Gasteiger partial charge >= 0.3 is 6.18 Å². The number of pyridine rings is 1. The molecular formula is C22H21F3N2O2. The molecule has 152 valence electrons. The van der Waals surface area contributed by atoms with E-state index >= 15 is 0 Å². The maximum atomic E-state index is 13.4. The van der Waals surface area contributed by atoms with Crippen molar-refractivity contribution >= 4 is 16.8 Å². The summed E-state index contributed by atoms with van der Waals surface area (Å²) >= 11 is 0. The lowest BCUT2D eigenvalue weighted by atomic mass is 10.1. The molecule has 1 heterocycles. The zero-order valence-corrected chi connectivity index (χ0v) is 16.1. The third-order valence-corrected chi connectivity index (χ3v) is 4.25. The Morgan fingerprint density at radius 2 is 1.90 bits per heavy atom. The quantitative estimate of drug-likeness (QED) is 0.638. The first-order valence-corrected chi connectivity index (χ1v) is 9.19. The number of amides is 1. The van der Waals surface area contributed by atoms with Gasteiger partial charge in [-0.2, -0.15) is 13.2 Å². The van der Waals surface area contributed by atoms with Crippen LogP contribution in [0.25, 0.3) is 10.9 Å². The monoisotopic (exact) mass is 402 g/mol. The molecule has 29 heavy (non-hydrogen) atoms. The lowest BCUT2D eigenvalue weighted by Gasteiger charge is -2.17. The smallest absolute Gasteiger partial charge is 0.416 e. The Morgan fingerprint density at radius 3 is 2.62 bits per heavy atom. The van der Waals surface area contributed by atoms with Crippen LogP contribution in [0.3, 0.4) is 0 Å². The van der Waals surface area contributed by atoms with Crippen LogP contribution in [-0.2, 0) is 23.9 Å². The van der Waals surface area contributed by atoms with E-state index in [0.717, 1.165) is 17.0 Å². The third kappa shape index (κ3) is 5.47. The van der Waals surface area contributed by atoms with Crippen LogP contribution in [0.4, 0.5) is 13.2 Å². The van der Waals surface area contributed by atoms with E-state index in [1.165, 1.54) is 12.1 Å². The number of benzene rings is 2. The van der Waals surface area contributed by atoms with Crippen LogP contribution in [0.2, 0.25) is 0 Å². The molecule has 0 aliphatic carbocycles. The Labute approximate surface area is 166 Å². The number of nitrogens with zero attached hydrogens (tertiary/aromatic N) is 1. The van der Waals surface area contributed by atoms with E-state index in [1.54, 1.807) is 20.0 Å². The van der Waals surface area contributed by atoms with E-state index in [9.17, 15) is 18.0 Å². The van der Waals surface area contributed by atoms with Crippen molar-refractivity contribution in [2.75, 3.05) is 0 Å². The highest BCUT2D eigenvalue weighted by Gasteiger charge is 2.34. The van der Waals surface area contributed by atoms with Gasteiger partial charge in [0, 0.05) is 18.1 Å². The number of carbonyl (C=O) groups is 1. The molecule has 0 aliphatic rings. The highest BCUT2D eigenvalue weighted by molar-refractivity contribution is 5.82. The molecule has 0 unspecified atom stereocenters. The number of hydrogen-bond acceptors (Lipinski definition) is 3. The predicted molar refractivity (Wildman–Crippen MR) is 105 cm³/mol. The Kier molecular flexibility index (Phi) is 6.06. The topological polar surface area (TPSA) is 51.2 Å². The number of para-hydroxylation sites is 1. The van der Waals surface area contributed by atoms with Gasteiger partial charge in [0.05, 0.1) is 23.6 Å². The zero-order chi connectivity index (χ0) is 21.0. The van der Waals surface area contributed by atoms with Gasteiger partial charge in [0.15, 0.2) is 0 Å².